The van der Waals surface area contributed by atoms with Crippen LogP contribution in [0.3, 0.4) is 0 Å². The number of ether oxygens (including phenoxy) is 1. The number of aromatic nitrogens is 1. The van der Waals surface area contributed by atoms with Gasteiger partial charge in [0.05, 0.1) is 7.11 Å². The normalized spacial score (nSPS) is 14.3. The molecule has 1 heterocycles. The van der Waals surface area contributed by atoms with Gasteiger partial charge in [0.25, 0.3) is 0 Å². The second kappa shape index (κ2) is 5.59. The van der Waals surface area contributed by atoms with Gasteiger partial charge in [-0.05, 0) is 30.5 Å². The van der Waals surface area contributed by atoms with Crippen LogP contribution in [0.1, 0.15) is 18.4 Å². The van der Waals surface area contributed by atoms with E-state index in [0.717, 1.165) is 11.1 Å². The third-order valence-corrected chi connectivity index (χ3v) is 3.49. The average Bonchev–Trinajstić information content (AvgIpc) is 3.30. The predicted octanol–water partition coefficient (Wildman–Crippen LogP) is 3.15. The first-order valence-electron chi connectivity index (χ1n) is 6.78. The van der Waals surface area contributed by atoms with E-state index < -0.39 is 0 Å². The van der Waals surface area contributed by atoms with Crippen LogP contribution in [0.15, 0.2) is 36.5 Å². The number of rotatable bonds is 5. The largest absolute Gasteiger partial charge is 0.481 e. The van der Waals surface area contributed by atoms with Crippen molar-refractivity contribution in [2.24, 2.45) is 0 Å². The van der Waals surface area contributed by atoms with Crippen molar-refractivity contribution in [2.75, 3.05) is 7.11 Å². The molecule has 0 atom stereocenters. The summed E-state index contributed by atoms with van der Waals surface area (Å²) in [5.74, 6) is 0.381. The highest BCUT2D eigenvalue weighted by Gasteiger charge is 2.20. The SMILES string of the molecule is COc1ccc(-c2ccc(CNC3CC3)c(F)c2)cn1. The van der Waals surface area contributed by atoms with Crippen LogP contribution in [-0.4, -0.2) is 18.1 Å². The number of halogens is 1. The van der Waals surface area contributed by atoms with E-state index in [-0.39, 0.29) is 5.82 Å². The zero-order chi connectivity index (χ0) is 13.9. The van der Waals surface area contributed by atoms with E-state index in [0.29, 0.717) is 24.0 Å². The van der Waals surface area contributed by atoms with Crippen LogP contribution in [0.25, 0.3) is 11.1 Å². The fourth-order valence-corrected chi connectivity index (χ4v) is 2.08. The molecular formula is C16H17FN2O. The maximum absolute atomic E-state index is 14.1. The molecule has 2 aromatic rings. The van der Waals surface area contributed by atoms with Crippen LogP contribution in [-0.2, 0) is 6.54 Å². The highest BCUT2D eigenvalue weighted by atomic mass is 19.1. The highest BCUT2D eigenvalue weighted by molar-refractivity contribution is 5.63. The monoisotopic (exact) mass is 272 g/mol. The van der Waals surface area contributed by atoms with Crippen LogP contribution < -0.4 is 10.1 Å². The second-order valence-electron chi connectivity index (χ2n) is 5.05. The number of methoxy groups -OCH3 is 1. The van der Waals surface area contributed by atoms with Gasteiger partial charge in [-0.25, -0.2) is 9.37 Å². The fraction of sp³-hybridized carbons (Fsp3) is 0.312. The molecule has 0 bridgehead atoms. The number of nitrogens with zero attached hydrogens (tertiary/aromatic N) is 1. The molecular weight excluding hydrogens is 255 g/mol. The summed E-state index contributed by atoms with van der Waals surface area (Å²) in [5, 5.41) is 3.32. The van der Waals surface area contributed by atoms with Crippen LogP contribution in [0.2, 0.25) is 0 Å². The maximum Gasteiger partial charge on any atom is 0.212 e. The smallest absolute Gasteiger partial charge is 0.212 e. The summed E-state index contributed by atoms with van der Waals surface area (Å²) in [4.78, 5) is 4.14. The van der Waals surface area contributed by atoms with Crippen molar-refractivity contribution in [2.45, 2.75) is 25.4 Å². The lowest BCUT2D eigenvalue weighted by Crippen LogP contribution is -2.16. The van der Waals surface area contributed by atoms with E-state index in [2.05, 4.69) is 10.3 Å². The standard InChI is InChI=1S/C16H17FN2O/c1-20-16-7-4-12(9-19-16)11-2-3-13(15(17)8-11)10-18-14-5-6-14/h2-4,7-9,14,18H,5-6,10H2,1H3. The van der Waals surface area contributed by atoms with Crippen molar-refractivity contribution in [3.8, 4) is 17.0 Å². The van der Waals surface area contributed by atoms with Crippen molar-refractivity contribution >= 4 is 0 Å². The molecule has 0 radical (unpaired) electrons. The molecule has 1 aliphatic carbocycles. The molecule has 3 nitrogen and oxygen atoms in total. The van der Waals surface area contributed by atoms with Crippen molar-refractivity contribution in [1.82, 2.24) is 10.3 Å². The fourth-order valence-electron chi connectivity index (χ4n) is 2.08. The van der Waals surface area contributed by atoms with Gasteiger partial charge in [0.2, 0.25) is 5.88 Å². The van der Waals surface area contributed by atoms with Gasteiger partial charge in [-0.3, -0.25) is 0 Å². The van der Waals surface area contributed by atoms with Gasteiger partial charge in [0.15, 0.2) is 0 Å². The lowest BCUT2D eigenvalue weighted by molar-refractivity contribution is 0.398. The molecule has 1 saturated carbocycles. The second-order valence-corrected chi connectivity index (χ2v) is 5.05. The number of pyridine rings is 1. The molecule has 1 aromatic carbocycles. The molecule has 1 N–H and O–H groups in total. The Hall–Kier alpha value is -1.94. The first-order chi connectivity index (χ1) is 9.76. The predicted molar refractivity (Wildman–Crippen MR) is 76.0 cm³/mol. The Balaban J connectivity index is 1.77. The summed E-state index contributed by atoms with van der Waals surface area (Å²) in [7, 11) is 1.57. The zero-order valence-electron chi connectivity index (χ0n) is 11.4. The Kier molecular flexibility index (Phi) is 3.65. The van der Waals surface area contributed by atoms with E-state index in [1.807, 2.05) is 18.2 Å². The molecule has 3 rings (SSSR count). The van der Waals surface area contributed by atoms with Crippen molar-refractivity contribution in [3.63, 3.8) is 0 Å². The van der Waals surface area contributed by atoms with Crippen molar-refractivity contribution in [3.05, 3.63) is 47.9 Å². The average molecular weight is 272 g/mol. The number of hydrogen-bond acceptors (Lipinski definition) is 3. The molecule has 1 fully saturated rings. The highest BCUT2D eigenvalue weighted by Crippen LogP contribution is 2.24. The van der Waals surface area contributed by atoms with E-state index >= 15 is 0 Å². The Labute approximate surface area is 117 Å². The zero-order valence-corrected chi connectivity index (χ0v) is 11.4. The van der Waals surface area contributed by atoms with Crippen LogP contribution in [0.5, 0.6) is 5.88 Å². The number of benzene rings is 1. The summed E-state index contributed by atoms with van der Waals surface area (Å²) in [6, 6.07) is 9.56. The lowest BCUT2D eigenvalue weighted by Gasteiger charge is -2.08. The molecule has 20 heavy (non-hydrogen) atoms. The third kappa shape index (κ3) is 2.96. The first-order valence-corrected chi connectivity index (χ1v) is 6.78. The van der Waals surface area contributed by atoms with E-state index in [1.54, 1.807) is 25.4 Å². The van der Waals surface area contributed by atoms with Crippen LogP contribution in [0.4, 0.5) is 4.39 Å². The van der Waals surface area contributed by atoms with E-state index in [9.17, 15) is 4.39 Å². The number of nitrogens with one attached hydrogen (secondary N) is 1. The molecule has 1 aliphatic rings. The van der Waals surface area contributed by atoms with Crippen LogP contribution >= 0.6 is 0 Å². The molecule has 0 unspecified atom stereocenters. The number of hydrogen-bond donors (Lipinski definition) is 1. The molecule has 0 amide bonds. The Morgan fingerprint density at radius 2 is 2.05 bits per heavy atom. The van der Waals surface area contributed by atoms with Gasteiger partial charge in [0, 0.05) is 36.0 Å². The first kappa shape index (κ1) is 13.1. The van der Waals surface area contributed by atoms with Gasteiger partial charge in [-0.15, -0.1) is 0 Å². The van der Waals surface area contributed by atoms with Crippen molar-refractivity contribution in [1.29, 1.82) is 0 Å². The molecule has 1 aromatic heterocycles. The molecule has 4 heteroatoms. The summed E-state index contributed by atoms with van der Waals surface area (Å²) >= 11 is 0. The molecule has 0 spiro atoms. The summed E-state index contributed by atoms with van der Waals surface area (Å²) in [6.45, 7) is 0.595. The summed E-state index contributed by atoms with van der Waals surface area (Å²) in [5.41, 5.74) is 2.42. The topological polar surface area (TPSA) is 34.1 Å². The molecule has 0 saturated heterocycles. The molecule has 0 aliphatic heterocycles. The van der Waals surface area contributed by atoms with E-state index in [4.69, 9.17) is 4.74 Å². The van der Waals surface area contributed by atoms with Gasteiger partial charge in [-0.1, -0.05) is 12.1 Å². The van der Waals surface area contributed by atoms with Gasteiger partial charge in [0.1, 0.15) is 5.82 Å². The van der Waals surface area contributed by atoms with Gasteiger partial charge < -0.3 is 10.1 Å². The lowest BCUT2D eigenvalue weighted by atomic mass is 10.0. The van der Waals surface area contributed by atoms with Crippen LogP contribution in [0, 0.1) is 5.82 Å². The van der Waals surface area contributed by atoms with Gasteiger partial charge in [-0.2, -0.15) is 0 Å². The Morgan fingerprint density at radius 1 is 1.25 bits per heavy atom. The maximum atomic E-state index is 14.1. The summed E-state index contributed by atoms with van der Waals surface area (Å²) < 4.78 is 19.1. The third-order valence-electron chi connectivity index (χ3n) is 3.49. The minimum Gasteiger partial charge on any atom is -0.481 e. The molecule has 104 valence electrons. The minimum absolute atomic E-state index is 0.175. The van der Waals surface area contributed by atoms with Gasteiger partial charge >= 0.3 is 0 Å². The van der Waals surface area contributed by atoms with E-state index in [1.165, 1.54) is 12.8 Å². The van der Waals surface area contributed by atoms with Crippen molar-refractivity contribution < 1.29 is 9.13 Å². The summed E-state index contributed by atoms with van der Waals surface area (Å²) in [6.07, 6.45) is 4.10. The quantitative estimate of drug-likeness (QED) is 0.908. The minimum atomic E-state index is -0.175. The Bertz CT molecular complexity index is 594. The Morgan fingerprint density at radius 3 is 2.65 bits per heavy atom.